The molecule has 0 spiro atoms. The van der Waals surface area contributed by atoms with Crippen molar-refractivity contribution in [3.05, 3.63) is 27.7 Å². The number of halogens is 5. The minimum atomic E-state index is -4.51. The number of nitrogens with one attached hydrogen (secondary N) is 1. The van der Waals surface area contributed by atoms with Crippen LogP contribution >= 0.6 is 27.5 Å². The molecule has 0 atom stereocenters. The smallest absolute Gasteiger partial charge is 0.326 e. The molecule has 0 radical (unpaired) electrons. The summed E-state index contributed by atoms with van der Waals surface area (Å²) in [5.41, 5.74) is 0.255. The van der Waals surface area contributed by atoms with Gasteiger partial charge in [0.25, 0.3) is 0 Å². The molecule has 0 fully saturated rings. The number of hydrogen-bond donors (Lipinski definition) is 1. The lowest BCUT2D eigenvalue weighted by molar-refractivity contribution is -0.150. The van der Waals surface area contributed by atoms with Gasteiger partial charge in [0.15, 0.2) is 0 Å². The number of amides is 1. The predicted octanol–water partition coefficient (Wildman–Crippen LogP) is 3.99. The molecule has 88 valence electrons. The average molecular weight is 317 g/mol. The van der Waals surface area contributed by atoms with Gasteiger partial charge in [-0.05, 0) is 34.1 Å². The summed E-state index contributed by atoms with van der Waals surface area (Å²) in [6.45, 7) is 0. The molecule has 0 aliphatic rings. The molecule has 2 nitrogen and oxygen atoms in total. The van der Waals surface area contributed by atoms with Crippen LogP contribution in [0, 0.1) is 0 Å². The van der Waals surface area contributed by atoms with Crippen molar-refractivity contribution in [2.24, 2.45) is 0 Å². The van der Waals surface area contributed by atoms with Crippen molar-refractivity contribution in [1.29, 1.82) is 0 Å². The Hall–Kier alpha value is -0.750. The van der Waals surface area contributed by atoms with E-state index in [4.69, 9.17) is 11.6 Å². The maximum atomic E-state index is 11.9. The van der Waals surface area contributed by atoms with E-state index in [1.54, 1.807) is 0 Å². The fourth-order valence-electron chi connectivity index (χ4n) is 0.961. The average Bonchev–Trinajstić information content (AvgIpc) is 2.08. The first-order valence-electron chi connectivity index (χ1n) is 4.09. The molecule has 0 saturated heterocycles. The van der Waals surface area contributed by atoms with Gasteiger partial charge in [-0.3, -0.25) is 4.79 Å². The fourth-order valence-corrected chi connectivity index (χ4v) is 1.46. The van der Waals surface area contributed by atoms with Crippen molar-refractivity contribution in [2.75, 3.05) is 5.32 Å². The van der Waals surface area contributed by atoms with E-state index in [0.717, 1.165) is 0 Å². The van der Waals surface area contributed by atoms with Gasteiger partial charge in [-0.2, -0.15) is 13.2 Å². The van der Waals surface area contributed by atoms with E-state index in [1.807, 2.05) is 0 Å². The maximum Gasteiger partial charge on any atom is 0.397 e. The molecule has 16 heavy (non-hydrogen) atoms. The van der Waals surface area contributed by atoms with Crippen molar-refractivity contribution in [3.8, 4) is 0 Å². The lowest BCUT2D eigenvalue weighted by Gasteiger charge is -2.08. The van der Waals surface area contributed by atoms with Gasteiger partial charge < -0.3 is 5.32 Å². The first kappa shape index (κ1) is 13.3. The number of carbonyl (C=O) groups is 1. The molecule has 0 aromatic heterocycles. The largest absolute Gasteiger partial charge is 0.397 e. The van der Waals surface area contributed by atoms with Crippen LogP contribution in [0.1, 0.15) is 6.42 Å². The Balaban J connectivity index is 2.67. The molecule has 1 amide bonds. The van der Waals surface area contributed by atoms with Gasteiger partial charge in [-0.1, -0.05) is 11.6 Å². The third-order valence-electron chi connectivity index (χ3n) is 1.56. The van der Waals surface area contributed by atoms with Gasteiger partial charge in [0.2, 0.25) is 5.91 Å². The van der Waals surface area contributed by atoms with Crippen LogP contribution in [0.3, 0.4) is 0 Å². The number of rotatable bonds is 2. The molecule has 7 heteroatoms. The minimum Gasteiger partial charge on any atom is -0.326 e. The van der Waals surface area contributed by atoms with E-state index in [9.17, 15) is 18.0 Å². The molecule has 0 heterocycles. The Morgan fingerprint density at radius 3 is 2.56 bits per heavy atom. The summed E-state index contributed by atoms with van der Waals surface area (Å²) in [4.78, 5) is 10.9. The van der Waals surface area contributed by atoms with Crippen molar-refractivity contribution >= 4 is 39.1 Å². The zero-order valence-corrected chi connectivity index (χ0v) is 10.1. The molecule has 1 N–H and O–H groups in total. The van der Waals surface area contributed by atoms with Crippen molar-refractivity contribution in [3.63, 3.8) is 0 Å². The summed E-state index contributed by atoms with van der Waals surface area (Å²) in [6, 6.07) is 4.31. The van der Waals surface area contributed by atoms with Crippen LogP contribution in [0.2, 0.25) is 5.02 Å². The van der Waals surface area contributed by atoms with Crippen molar-refractivity contribution < 1.29 is 18.0 Å². The van der Waals surface area contributed by atoms with Crippen LogP contribution in [0.25, 0.3) is 0 Å². The molecule has 1 rings (SSSR count). The highest BCUT2D eigenvalue weighted by Gasteiger charge is 2.31. The number of anilines is 1. The molecular formula is C9H6BrClF3NO. The number of carbonyl (C=O) groups excluding carboxylic acids is 1. The Kier molecular flexibility index (Phi) is 4.21. The van der Waals surface area contributed by atoms with Crippen LogP contribution in [0.4, 0.5) is 18.9 Å². The highest BCUT2D eigenvalue weighted by Crippen LogP contribution is 2.26. The molecule has 0 aliphatic heterocycles. The van der Waals surface area contributed by atoms with E-state index in [-0.39, 0.29) is 5.69 Å². The summed E-state index contributed by atoms with van der Waals surface area (Å²) >= 11 is 8.78. The summed E-state index contributed by atoms with van der Waals surface area (Å²) in [5, 5.41) is 2.53. The first-order valence-corrected chi connectivity index (χ1v) is 5.27. The minimum absolute atomic E-state index is 0.255. The number of hydrogen-bond acceptors (Lipinski definition) is 1. The Morgan fingerprint density at radius 1 is 1.44 bits per heavy atom. The van der Waals surface area contributed by atoms with Crippen LogP contribution in [0.5, 0.6) is 0 Å². The van der Waals surface area contributed by atoms with Gasteiger partial charge >= 0.3 is 6.18 Å². The SMILES string of the molecule is O=C(CC(F)(F)F)Nc1ccc(Cl)c(Br)c1. The predicted molar refractivity (Wildman–Crippen MR) is 58.5 cm³/mol. The van der Waals surface area contributed by atoms with E-state index >= 15 is 0 Å². The monoisotopic (exact) mass is 315 g/mol. The third kappa shape index (κ3) is 4.40. The zero-order valence-electron chi connectivity index (χ0n) is 7.74. The summed E-state index contributed by atoms with van der Waals surface area (Å²) in [7, 11) is 0. The Labute approximate surface area is 103 Å². The van der Waals surface area contributed by atoms with Crippen LogP contribution in [-0.2, 0) is 4.79 Å². The van der Waals surface area contributed by atoms with Crippen LogP contribution < -0.4 is 5.32 Å². The van der Waals surface area contributed by atoms with Gasteiger partial charge in [0.05, 0.1) is 5.02 Å². The highest BCUT2D eigenvalue weighted by atomic mass is 79.9. The molecule has 1 aromatic carbocycles. The van der Waals surface area contributed by atoms with Crippen molar-refractivity contribution in [1.82, 2.24) is 0 Å². The summed E-state index contributed by atoms with van der Waals surface area (Å²) in [6.07, 6.45) is -6.01. The van der Waals surface area contributed by atoms with E-state index < -0.39 is 18.5 Å². The summed E-state index contributed by atoms with van der Waals surface area (Å²) in [5.74, 6) is -1.11. The third-order valence-corrected chi connectivity index (χ3v) is 2.78. The number of alkyl halides is 3. The highest BCUT2D eigenvalue weighted by molar-refractivity contribution is 9.10. The number of benzene rings is 1. The zero-order chi connectivity index (χ0) is 12.3. The Morgan fingerprint density at radius 2 is 2.06 bits per heavy atom. The fraction of sp³-hybridized carbons (Fsp3) is 0.222. The molecule has 0 unspecified atom stereocenters. The molecule has 1 aromatic rings. The summed E-state index contributed by atoms with van der Waals surface area (Å²) < 4.78 is 36.1. The second kappa shape index (κ2) is 5.05. The quantitative estimate of drug-likeness (QED) is 0.878. The van der Waals surface area contributed by atoms with E-state index in [2.05, 4.69) is 21.2 Å². The van der Waals surface area contributed by atoms with Crippen molar-refractivity contribution in [2.45, 2.75) is 12.6 Å². The molecule has 0 bridgehead atoms. The van der Waals surface area contributed by atoms with Gasteiger partial charge in [0.1, 0.15) is 6.42 Å². The lowest BCUT2D eigenvalue weighted by Crippen LogP contribution is -2.21. The van der Waals surface area contributed by atoms with Crippen LogP contribution in [-0.4, -0.2) is 12.1 Å². The standard InChI is InChI=1S/C9H6BrClF3NO/c10-6-3-5(1-2-7(6)11)15-8(16)4-9(12,13)14/h1-3H,4H2,(H,15,16). The first-order chi connectivity index (χ1) is 7.28. The van der Waals surface area contributed by atoms with Crippen LogP contribution in [0.15, 0.2) is 22.7 Å². The molecule has 0 saturated carbocycles. The Bertz CT molecular complexity index is 408. The molecule has 0 aliphatic carbocycles. The van der Waals surface area contributed by atoms with Gasteiger partial charge in [-0.15, -0.1) is 0 Å². The van der Waals surface area contributed by atoms with E-state index in [0.29, 0.717) is 9.50 Å². The van der Waals surface area contributed by atoms with E-state index in [1.165, 1.54) is 18.2 Å². The topological polar surface area (TPSA) is 29.1 Å². The van der Waals surface area contributed by atoms with Gasteiger partial charge in [-0.25, -0.2) is 0 Å². The lowest BCUT2D eigenvalue weighted by atomic mass is 10.3. The maximum absolute atomic E-state index is 11.9. The normalized spacial score (nSPS) is 11.3. The second-order valence-corrected chi connectivity index (χ2v) is 4.23. The van der Waals surface area contributed by atoms with Gasteiger partial charge in [0, 0.05) is 10.2 Å². The second-order valence-electron chi connectivity index (χ2n) is 2.97. The molecular weight excluding hydrogens is 310 g/mol.